The third-order valence-electron chi connectivity index (χ3n) is 1.17. The second-order valence-corrected chi connectivity index (χ2v) is 2.29. The van der Waals surface area contributed by atoms with Crippen molar-refractivity contribution in [1.29, 1.82) is 10.5 Å². The average Bonchev–Trinajstić information content (AvgIpc) is 2.17. The molecule has 0 bridgehead atoms. The van der Waals surface area contributed by atoms with Crippen LogP contribution in [0.25, 0.3) is 0 Å². The number of aliphatic carboxylic acids is 1. The minimum absolute atomic E-state index is 0.435. The summed E-state index contributed by atoms with van der Waals surface area (Å²) in [5, 5.41) is 24.3. The van der Waals surface area contributed by atoms with E-state index in [0.29, 0.717) is 11.1 Å². The molecule has 1 aromatic rings. The maximum Gasteiger partial charge on any atom is 0.300 e. The molecule has 1 rings (SSSR count). The highest BCUT2D eigenvalue weighted by atomic mass is 16.4. The quantitative estimate of drug-likeness (QED) is 0.668. The van der Waals surface area contributed by atoms with Gasteiger partial charge in [0.25, 0.3) is 5.97 Å². The second kappa shape index (κ2) is 6.22. The van der Waals surface area contributed by atoms with Crippen molar-refractivity contribution in [1.82, 2.24) is 0 Å². The zero-order chi connectivity index (χ0) is 11.0. The number of carboxylic acids is 1. The summed E-state index contributed by atoms with van der Waals surface area (Å²) in [6.07, 6.45) is 0. The topological polar surface area (TPSA) is 84.9 Å². The lowest BCUT2D eigenvalue weighted by Crippen LogP contribution is -1.79. The molecule has 0 spiro atoms. The predicted octanol–water partition coefficient (Wildman–Crippen LogP) is 1.52. The van der Waals surface area contributed by atoms with Gasteiger partial charge in [-0.2, -0.15) is 10.5 Å². The number of hydrogen-bond acceptors (Lipinski definition) is 3. The van der Waals surface area contributed by atoms with E-state index >= 15 is 0 Å². The maximum absolute atomic E-state index is 9.00. The van der Waals surface area contributed by atoms with Gasteiger partial charge in [0.1, 0.15) is 12.1 Å². The summed E-state index contributed by atoms with van der Waals surface area (Å²) in [6.45, 7) is 1.08. The average molecular weight is 188 g/mol. The van der Waals surface area contributed by atoms with Gasteiger partial charge in [-0.3, -0.25) is 4.79 Å². The van der Waals surface area contributed by atoms with Crippen LogP contribution < -0.4 is 0 Å². The van der Waals surface area contributed by atoms with Crippen molar-refractivity contribution >= 4 is 5.97 Å². The summed E-state index contributed by atoms with van der Waals surface area (Å²) < 4.78 is 0. The van der Waals surface area contributed by atoms with Crippen LogP contribution in [0.2, 0.25) is 0 Å². The Hall–Kier alpha value is -2.33. The molecule has 0 aliphatic rings. The lowest BCUT2D eigenvalue weighted by Gasteiger charge is -1.88. The summed E-state index contributed by atoms with van der Waals surface area (Å²) in [5.41, 5.74) is 0.870. The number of rotatable bonds is 0. The fourth-order valence-corrected chi connectivity index (χ4v) is 0.678. The molecule has 0 saturated carbocycles. The first-order chi connectivity index (χ1) is 6.61. The van der Waals surface area contributed by atoms with Gasteiger partial charge in [-0.1, -0.05) is 12.1 Å². The van der Waals surface area contributed by atoms with E-state index in [0.717, 1.165) is 6.92 Å². The smallest absolute Gasteiger partial charge is 0.300 e. The van der Waals surface area contributed by atoms with Crippen LogP contribution in [-0.4, -0.2) is 11.1 Å². The van der Waals surface area contributed by atoms with Gasteiger partial charge < -0.3 is 5.11 Å². The number of hydrogen-bond donors (Lipinski definition) is 1. The number of nitrogens with zero attached hydrogens (tertiary/aromatic N) is 2. The van der Waals surface area contributed by atoms with Crippen LogP contribution in [0.4, 0.5) is 0 Å². The van der Waals surface area contributed by atoms with Gasteiger partial charge in [0.05, 0.1) is 11.1 Å². The van der Waals surface area contributed by atoms with Crippen molar-refractivity contribution in [2.75, 3.05) is 0 Å². The largest absolute Gasteiger partial charge is 0.481 e. The number of nitriles is 2. The molecule has 0 unspecified atom stereocenters. The summed E-state index contributed by atoms with van der Waals surface area (Å²) in [7, 11) is 0. The van der Waals surface area contributed by atoms with E-state index in [4.69, 9.17) is 20.4 Å². The van der Waals surface area contributed by atoms with Crippen LogP contribution >= 0.6 is 0 Å². The van der Waals surface area contributed by atoms with Crippen molar-refractivity contribution in [3.63, 3.8) is 0 Å². The molecule has 70 valence electrons. The minimum atomic E-state index is -0.833. The number of benzene rings is 1. The third-order valence-corrected chi connectivity index (χ3v) is 1.17. The van der Waals surface area contributed by atoms with E-state index in [2.05, 4.69) is 0 Å². The van der Waals surface area contributed by atoms with Crippen LogP contribution in [0.5, 0.6) is 0 Å². The molecule has 0 aromatic heterocycles. The van der Waals surface area contributed by atoms with Gasteiger partial charge in [-0.25, -0.2) is 0 Å². The molecule has 4 nitrogen and oxygen atoms in total. The van der Waals surface area contributed by atoms with Crippen molar-refractivity contribution < 1.29 is 9.90 Å². The van der Waals surface area contributed by atoms with Crippen LogP contribution in [-0.2, 0) is 4.79 Å². The molecule has 1 N–H and O–H groups in total. The molecule has 0 fully saturated rings. The van der Waals surface area contributed by atoms with E-state index in [9.17, 15) is 0 Å². The first kappa shape index (κ1) is 11.7. The van der Waals surface area contributed by atoms with Gasteiger partial charge in [-0.05, 0) is 12.1 Å². The number of carbonyl (C=O) groups is 1. The highest BCUT2D eigenvalue weighted by Gasteiger charge is 1.95. The molecule has 0 amide bonds. The lowest BCUT2D eigenvalue weighted by molar-refractivity contribution is -0.134. The fourth-order valence-electron chi connectivity index (χ4n) is 0.678. The van der Waals surface area contributed by atoms with Gasteiger partial charge in [0.15, 0.2) is 0 Å². The standard InChI is InChI=1S/C8H4N2.C2H4O2/c9-5-7-3-1-2-4-8(7)6-10;1-2(3)4/h1-4H;1H3,(H,3,4). The first-order valence-electron chi connectivity index (χ1n) is 3.70. The normalized spacial score (nSPS) is 7.36. The maximum atomic E-state index is 9.00. The Morgan fingerprint density at radius 1 is 1.21 bits per heavy atom. The Labute approximate surface area is 81.6 Å². The molecule has 0 heterocycles. The molecular weight excluding hydrogens is 180 g/mol. The van der Waals surface area contributed by atoms with Gasteiger partial charge >= 0.3 is 0 Å². The Bertz CT molecular complexity index is 362. The second-order valence-electron chi connectivity index (χ2n) is 2.29. The summed E-state index contributed by atoms with van der Waals surface area (Å²) in [4.78, 5) is 9.00. The van der Waals surface area contributed by atoms with Crippen molar-refractivity contribution in [2.24, 2.45) is 0 Å². The summed E-state index contributed by atoms with van der Waals surface area (Å²) in [5.74, 6) is -0.833. The van der Waals surface area contributed by atoms with E-state index < -0.39 is 5.97 Å². The molecule has 14 heavy (non-hydrogen) atoms. The third kappa shape index (κ3) is 4.53. The molecule has 0 aliphatic carbocycles. The first-order valence-corrected chi connectivity index (χ1v) is 3.70. The molecule has 0 saturated heterocycles. The highest BCUT2D eigenvalue weighted by Crippen LogP contribution is 2.03. The monoisotopic (exact) mass is 188 g/mol. The fraction of sp³-hybridized carbons (Fsp3) is 0.100. The molecule has 1 aromatic carbocycles. The highest BCUT2D eigenvalue weighted by molar-refractivity contribution is 5.62. The Kier molecular flexibility index (Phi) is 5.18. The van der Waals surface area contributed by atoms with E-state index in [-0.39, 0.29) is 0 Å². The Balaban J connectivity index is 0.000000364. The van der Waals surface area contributed by atoms with Crippen molar-refractivity contribution in [2.45, 2.75) is 6.92 Å². The predicted molar refractivity (Wildman–Crippen MR) is 49.2 cm³/mol. The van der Waals surface area contributed by atoms with E-state index in [1.807, 2.05) is 12.1 Å². The van der Waals surface area contributed by atoms with Gasteiger partial charge in [0.2, 0.25) is 0 Å². The van der Waals surface area contributed by atoms with Crippen LogP contribution in [0, 0.1) is 22.7 Å². The summed E-state index contributed by atoms with van der Waals surface area (Å²) >= 11 is 0. The molecule has 0 aliphatic heterocycles. The summed E-state index contributed by atoms with van der Waals surface area (Å²) in [6, 6.07) is 10.6. The SMILES string of the molecule is CC(=O)O.N#Cc1ccccc1C#N. The molecule has 0 atom stereocenters. The Morgan fingerprint density at radius 3 is 1.71 bits per heavy atom. The van der Waals surface area contributed by atoms with Gasteiger partial charge in [0, 0.05) is 6.92 Å². The Morgan fingerprint density at radius 2 is 1.50 bits per heavy atom. The van der Waals surface area contributed by atoms with Gasteiger partial charge in [-0.15, -0.1) is 0 Å². The molecular formula is C10H8N2O2. The van der Waals surface area contributed by atoms with E-state index in [1.54, 1.807) is 24.3 Å². The van der Waals surface area contributed by atoms with E-state index in [1.165, 1.54) is 0 Å². The zero-order valence-electron chi connectivity index (χ0n) is 7.56. The lowest BCUT2D eigenvalue weighted by atomic mass is 10.1. The molecule has 4 heteroatoms. The molecule has 0 radical (unpaired) electrons. The minimum Gasteiger partial charge on any atom is -0.481 e. The van der Waals surface area contributed by atoms with Crippen molar-refractivity contribution in [3.05, 3.63) is 35.4 Å². The van der Waals surface area contributed by atoms with Crippen LogP contribution in [0.3, 0.4) is 0 Å². The van der Waals surface area contributed by atoms with Crippen molar-refractivity contribution in [3.8, 4) is 12.1 Å². The van der Waals surface area contributed by atoms with Crippen LogP contribution in [0.1, 0.15) is 18.1 Å². The number of carboxylic acid groups (broad SMARTS) is 1. The zero-order valence-corrected chi connectivity index (χ0v) is 7.56. The van der Waals surface area contributed by atoms with Crippen LogP contribution in [0.15, 0.2) is 24.3 Å².